The fourth-order valence-electron chi connectivity index (χ4n) is 1.79. The van der Waals surface area contributed by atoms with Crippen molar-refractivity contribution in [1.29, 1.82) is 0 Å². The van der Waals surface area contributed by atoms with Crippen molar-refractivity contribution in [3.8, 4) is 0 Å². The van der Waals surface area contributed by atoms with E-state index in [9.17, 15) is 18.3 Å². The molecular weight excluding hydrogens is 341 g/mol. The largest absolute Gasteiger partial charge is 0.416 e. The van der Waals surface area contributed by atoms with Crippen molar-refractivity contribution in [3.05, 3.63) is 55.7 Å². The third kappa shape index (κ3) is 3.19. The van der Waals surface area contributed by atoms with Crippen LogP contribution in [0.3, 0.4) is 0 Å². The van der Waals surface area contributed by atoms with Crippen LogP contribution in [0.15, 0.2) is 34.1 Å². The van der Waals surface area contributed by atoms with E-state index in [2.05, 4.69) is 15.9 Å². The quantitative estimate of drug-likeness (QED) is 0.814. The molecule has 19 heavy (non-hydrogen) atoms. The minimum atomic E-state index is -4.36. The van der Waals surface area contributed by atoms with E-state index in [1.54, 1.807) is 19.1 Å². The lowest BCUT2D eigenvalue weighted by atomic mass is 9.99. The van der Waals surface area contributed by atoms with Gasteiger partial charge < -0.3 is 5.11 Å². The molecule has 2 rings (SSSR count). The minimum absolute atomic E-state index is 0.423. The number of alkyl halides is 3. The summed E-state index contributed by atoms with van der Waals surface area (Å²) >= 11 is 4.64. The molecule has 1 heterocycles. The summed E-state index contributed by atoms with van der Waals surface area (Å²) in [5.41, 5.74) is 0.211. The Morgan fingerprint density at radius 3 is 2.37 bits per heavy atom. The van der Waals surface area contributed by atoms with E-state index >= 15 is 0 Å². The molecule has 2 aromatic rings. The summed E-state index contributed by atoms with van der Waals surface area (Å²) in [6.07, 6.45) is -5.26. The van der Waals surface area contributed by atoms with Crippen molar-refractivity contribution in [2.45, 2.75) is 19.2 Å². The van der Waals surface area contributed by atoms with Crippen molar-refractivity contribution in [2.24, 2.45) is 0 Å². The Morgan fingerprint density at radius 1 is 1.21 bits per heavy atom. The summed E-state index contributed by atoms with van der Waals surface area (Å²) < 4.78 is 38.5. The lowest BCUT2D eigenvalue weighted by Gasteiger charge is -2.14. The molecule has 1 N–H and O–H groups in total. The molecule has 1 aromatic carbocycles. The average Bonchev–Trinajstić information content (AvgIpc) is 2.73. The van der Waals surface area contributed by atoms with Crippen molar-refractivity contribution >= 4 is 27.3 Å². The van der Waals surface area contributed by atoms with Crippen LogP contribution in [-0.4, -0.2) is 5.11 Å². The van der Waals surface area contributed by atoms with Gasteiger partial charge >= 0.3 is 6.18 Å². The molecule has 0 aliphatic carbocycles. The molecule has 0 spiro atoms. The molecule has 1 aromatic heterocycles. The summed E-state index contributed by atoms with van der Waals surface area (Å²) in [5, 5.41) is 10.2. The second-order valence-electron chi connectivity index (χ2n) is 4.11. The summed E-state index contributed by atoms with van der Waals surface area (Å²) in [4.78, 5) is 0.690. The summed E-state index contributed by atoms with van der Waals surface area (Å²) in [7, 11) is 0. The zero-order chi connectivity index (χ0) is 14.2. The first-order valence-electron chi connectivity index (χ1n) is 5.40. The zero-order valence-electron chi connectivity index (χ0n) is 9.83. The molecular formula is C13H10BrF3OS. The first-order chi connectivity index (χ1) is 8.79. The van der Waals surface area contributed by atoms with Crippen LogP contribution >= 0.6 is 27.3 Å². The van der Waals surface area contributed by atoms with Gasteiger partial charge in [0.15, 0.2) is 0 Å². The van der Waals surface area contributed by atoms with Crippen LogP contribution in [0.1, 0.15) is 27.7 Å². The number of aliphatic hydroxyl groups is 1. The summed E-state index contributed by atoms with van der Waals surface area (Å²) in [6, 6.07) is 6.92. The predicted octanol–water partition coefficient (Wildman–Crippen LogP) is 4.92. The van der Waals surface area contributed by atoms with E-state index in [0.29, 0.717) is 16.0 Å². The van der Waals surface area contributed by atoms with Gasteiger partial charge in [-0.3, -0.25) is 0 Å². The second kappa shape index (κ2) is 5.26. The smallest absolute Gasteiger partial charge is 0.383 e. The van der Waals surface area contributed by atoms with Crippen LogP contribution in [0.25, 0.3) is 0 Å². The van der Waals surface area contributed by atoms with E-state index < -0.39 is 17.8 Å². The number of rotatable bonds is 2. The predicted molar refractivity (Wildman–Crippen MR) is 72.3 cm³/mol. The van der Waals surface area contributed by atoms with Gasteiger partial charge in [0.25, 0.3) is 0 Å². The Hall–Kier alpha value is -0.850. The van der Waals surface area contributed by atoms with E-state index in [-0.39, 0.29) is 0 Å². The van der Waals surface area contributed by atoms with Crippen LogP contribution < -0.4 is 0 Å². The van der Waals surface area contributed by atoms with Crippen LogP contribution in [0, 0.1) is 6.92 Å². The Bertz CT molecular complexity index is 592. The Kier molecular flexibility index (Phi) is 4.03. The molecule has 0 radical (unpaired) electrons. The van der Waals surface area contributed by atoms with Crippen molar-refractivity contribution in [1.82, 2.24) is 0 Å². The number of aliphatic hydroxyl groups excluding tert-OH is 1. The lowest BCUT2D eigenvalue weighted by molar-refractivity contribution is -0.137. The van der Waals surface area contributed by atoms with Gasteiger partial charge in [-0.2, -0.15) is 13.2 Å². The van der Waals surface area contributed by atoms with Gasteiger partial charge in [-0.05, 0) is 58.2 Å². The Morgan fingerprint density at radius 2 is 1.89 bits per heavy atom. The van der Waals surface area contributed by atoms with Gasteiger partial charge in [-0.1, -0.05) is 6.07 Å². The molecule has 1 nitrogen and oxygen atoms in total. The SMILES string of the molecule is Cc1cc(C(F)(F)F)ccc1C(O)c1ccc(Br)s1. The normalized spacial score (nSPS) is 13.6. The zero-order valence-corrected chi connectivity index (χ0v) is 12.2. The van der Waals surface area contributed by atoms with E-state index in [1.807, 2.05) is 0 Å². The first-order valence-corrected chi connectivity index (χ1v) is 7.01. The standard InChI is InChI=1S/C13H10BrF3OS/c1-7-6-8(13(15,16)17)2-3-9(7)12(18)10-4-5-11(14)19-10/h2-6,12,18H,1H3. The van der Waals surface area contributed by atoms with Gasteiger partial charge in [0.1, 0.15) is 6.10 Å². The molecule has 6 heteroatoms. The maximum Gasteiger partial charge on any atom is 0.416 e. The summed E-state index contributed by atoms with van der Waals surface area (Å²) in [5.74, 6) is 0. The molecule has 0 bridgehead atoms. The molecule has 0 amide bonds. The fraction of sp³-hybridized carbons (Fsp3) is 0.231. The highest BCUT2D eigenvalue weighted by Gasteiger charge is 2.31. The van der Waals surface area contributed by atoms with Crippen LogP contribution in [-0.2, 0) is 6.18 Å². The van der Waals surface area contributed by atoms with Crippen LogP contribution in [0.4, 0.5) is 13.2 Å². The number of benzene rings is 1. The average molecular weight is 351 g/mol. The van der Waals surface area contributed by atoms with Crippen LogP contribution in [0.5, 0.6) is 0 Å². The highest BCUT2D eigenvalue weighted by atomic mass is 79.9. The molecule has 0 fully saturated rings. The highest BCUT2D eigenvalue weighted by Crippen LogP contribution is 2.35. The number of hydrogen-bond donors (Lipinski definition) is 1. The van der Waals surface area contributed by atoms with Gasteiger partial charge in [0, 0.05) is 4.88 Å². The van der Waals surface area contributed by atoms with E-state index in [1.165, 1.54) is 17.4 Å². The molecule has 0 aliphatic heterocycles. The number of halogens is 4. The van der Waals surface area contributed by atoms with E-state index in [4.69, 9.17) is 0 Å². The number of thiophene rings is 1. The monoisotopic (exact) mass is 350 g/mol. The van der Waals surface area contributed by atoms with Crippen molar-refractivity contribution in [3.63, 3.8) is 0 Å². The third-order valence-electron chi connectivity index (χ3n) is 2.76. The fourth-order valence-corrected chi connectivity index (χ4v) is 3.22. The number of hydrogen-bond acceptors (Lipinski definition) is 2. The van der Waals surface area contributed by atoms with Crippen molar-refractivity contribution < 1.29 is 18.3 Å². The minimum Gasteiger partial charge on any atom is -0.383 e. The molecule has 0 saturated carbocycles. The maximum absolute atomic E-state index is 12.6. The Balaban J connectivity index is 2.36. The third-order valence-corrected chi connectivity index (χ3v) is 4.43. The number of aryl methyl sites for hydroxylation is 1. The van der Waals surface area contributed by atoms with Gasteiger partial charge in [-0.15, -0.1) is 11.3 Å². The van der Waals surface area contributed by atoms with Gasteiger partial charge in [-0.25, -0.2) is 0 Å². The van der Waals surface area contributed by atoms with Gasteiger partial charge in [0.05, 0.1) is 9.35 Å². The molecule has 1 atom stereocenters. The lowest BCUT2D eigenvalue weighted by Crippen LogP contribution is -2.07. The molecule has 102 valence electrons. The van der Waals surface area contributed by atoms with Crippen molar-refractivity contribution in [2.75, 3.05) is 0 Å². The molecule has 1 unspecified atom stereocenters. The maximum atomic E-state index is 12.6. The van der Waals surface area contributed by atoms with Gasteiger partial charge in [0.2, 0.25) is 0 Å². The molecule has 0 saturated heterocycles. The second-order valence-corrected chi connectivity index (χ2v) is 6.61. The van der Waals surface area contributed by atoms with Crippen LogP contribution in [0.2, 0.25) is 0 Å². The topological polar surface area (TPSA) is 20.2 Å². The Labute approximate surface area is 120 Å². The van der Waals surface area contributed by atoms with E-state index in [0.717, 1.165) is 15.9 Å². The first kappa shape index (κ1) is 14.6. The molecule has 0 aliphatic rings. The summed E-state index contributed by atoms with van der Waals surface area (Å²) in [6.45, 7) is 1.57. The highest BCUT2D eigenvalue weighted by molar-refractivity contribution is 9.11.